The number of carbonyl (C=O) groups is 1. The molecule has 1 fully saturated rings. The summed E-state index contributed by atoms with van der Waals surface area (Å²) in [6.07, 6.45) is 6.67. The normalized spacial score (nSPS) is 23.7. The summed E-state index contributed by atoms with van der Waals surface area (Å²) in [5, 5.41) is 22.2. The molecular formula is C31H43N5O3. The molecule has 1 aliphatic heterocycles. The lowest BCUT2D eigenvalue weighted by Gasteiger charge is -2.52. The first kappa shape index (κ1) is 27.7. The molecule has 210 valence electrons. The number of hydrogen-bond donors (Lipinski definition) is 1. The van der Waals surface area contributed by atoms with Crippen molar-refractivity contribution < 1.29 is 19.5 Å². The number of rotatable bonds is 8. The van der Waals surface area contributed by atoms with Gasteiger partial charge in [-0.1, -0.05) is 18.2 Å². The molecule has 8 heteroatoms. The number of carboxylic acid groups (broad SMARTS) is 1. The number of aromatic nitrogens is 3. The molecule has 39 heavy (non-hydrogen) atoms. The molecule has 1 aliphatic carbocycles. The van der Waals surface area contributed by atoms with Crippen molar-refractivity contribution in [3.8, 4) is 0 Å². The lowest BCUT2D eigenvalue weighted by molar-refractivity contribution is -0.927. The van der Waals surface area contributed by atoms with Gasteiger partial charge in [-0.2, -0.15) is 0 Å². The Morgan fingerprint density at radius 1 is 1.18 bits per heavy atom. The average molecular weight is 534 g/mol. The Morgan fingerprint density at radius 2 is 2.00 bits per heavy atom. The molecule has 8 nitrogen and oxygen atoms in total. The fourth-order valence-corrected chi connectivity index (χ4v) is 6.92. The molecular weight excluding hydrogens is 490 g/mol. The Hall–Kier alpha value is -2.81. The van der Waals surface area contributed by atoms with Gasteiger partial charge in [0.15, 0.2) is 0 Å². The number of para-hydroxylation sites is 2. The summed E-state index contributed by atoms with van der Waals surface area (Å²) >= 11 is 0. The van der Waals surface area contributed by atoms with E-state index in [1.807, 2.05) is 45.2 Å². The van der Waals surface area contributed by atoms with Gasteiger partial charge in [0.05, 0.1) is 47.9 Å². The van der Waals surface area contributed by atoms with E-state index >= 15 is 0 Å². The SMILES string of the molecule is CC(C)(C)[N+]1(C(=O)[O-])CCC[C@H](Cn2c(CN(CCCO)[C@H]3CCCc4cccnc43)nc3ccccc32)C1. The second-order valence-corrected chi connectivity index (χ2v) is 12.4. The number of pyridine rings is 1. The van der Waals surface area contributed by atoms with Crippen LogP contribution in [0.25, 0.3) is 11.0 Å². The molecule has 3 heterocycles. The van der Waals surface area contributed by atoms with Crippen LogP contribution in [0.4, 0.5) is 4.79 Å². The van der Waals surface area contributed by atoms with E-state index in [9.17, 15) is 15.0 Å². The van der Waals surface area contributed by atoms with Crippen molar-refractivity contribution >= 4 is 17.1 Å². The minimum atomic E-state index is -0.971. The molecule has 0 bridgehead atoms. The summed E-state index contributed by atoms with van der Waals surface area (Å²) in [5.74, 6) is 1.19. The zero-order valence-electron chi connectivity index (χ0n) is 23.7. The number of quaternary nitrogens is 1. The monoisotopic (exact) mass is 533 g/mol. The van der Waals surface area contributed by atoms with Gasteiger partial charge < -0.3 is 19.6 Å². The van der Waals surface area contributed by atoms with Gasteiger partial charge in [-0.05, 0) is 83.1 Å². The minimum absolute atomic E-state index is 0.00716. The molecule has 1 saturated heterocycles. The van der Waals surface area contributed by atoms with Gasteiger partial charge in [-0.15, -0.1) is 0 Å². The number of likely N-dealkylation sites (tertiary alicyclic amines) is 1. The number of imidazole rings is 1. The van der Waals surface area contributed by atoms with Crippen molar-refractivity contribution in [2.45, 2.75) is 84.0 Å². The van der Waals surface area contributed by atoms with Gasteiger partial charge in [-0.25, -0.2) is 4.98 Å². The van der Waals surface area contributed by atoms with Crippen LogP contribution in [0.2, 0.25) is 0 Å². The Labute approximate surface area is 231 Å². The van der Waals surface area contributed by atoms with Gasteiger partial charge in [0.2, 0.25) is 0 Å². The number of nitrogens with zero attached hydrogens (tertiary/aromatic N) is 5. The van der Waals surface area contributed by atoms with E-state index in [1.54, 1.807) is 0 Å². The first-order chi connectivity index (χ1) is 18.7. The molecule has 1 amide bonds. The molecule has 0 saturated carbocycles. The molecule has 1 aromatic carbocycles. The van der Waals surface area contributed by atoms with Crippen molar-refractivity contribution in [3.63, 3.8) is 0 Å². The standard InChI is InChI=1S/C31H43N5O3/c1-31(2,3)36(30(38)39)18-8-10-23(22-36)20-35-26-14-5-4-13-25(26)33-28(35)21-34(17-9-19-37)27-15-6-11-24-12-7-16-32-29(24)27/h4-5,7,12-14,16,23,27,37H,6,8-11,15,17-22H2,1-3H3/t23-,27+,36?/m1/s1. The third-order valence-corrected chi connectivity index (χ3v) is 9.08. The number of aryl methyl sites for hydroxylation is 1. The third-order valence-electron chi connectivity index (χ3n) is 9.08. The van der Waals surface area contributed by atoms with Crippen LogP contribution in [-0.4, -0.2) is 66.9 Å². The van der Waals surface area contributed by atoms with Crippen LogP contribution in [0.5, 0.6) is 0 Å². The molecule has 5 rings (SSSR count). The van der Waals surface area contributed by atoms with Crippen molar-refractivity contribution in [2.75, 3.05) is 26.2 Å². The van der Waals surface area contributed by atoms with Gasteiger partial charge in [-0.3, -0.25) is 14.4 Å². The van der Waals surface area contributed by atoms with Crippen LogP contribution in [0, 0.1) is 5.92 Å². The highest BCUT2D eigenvalue weighted by atomic mass is 16.4. The van der Waals surface area contributed by atoms with Crippen molar-refractivity contribution in [1.82, 2.24) is 19.4 Å². The maximum atomic E-state index is 12.5. The lowest BCUT2D eigenvalue weighted by atomic mass is 9.89. The quantitative estimate of drug-likeness (QED) is 0.439. The molecule has 3 atom stereocenters. The Bertz CT molecular complexity index is 1300. The fourth-order valence-electron chi connectivity index (χ4n) is 6.92. The second-order valence-electron chi connectivity index (χ2n) is 12.4. The Balaban J connectivity index is 1.48. The highest BCUT2D eigenvalue weighted by Crippen LogP contribution is 2.36. The number of amides is 1. The predicted molar refractivity (Wildman–Crippen MR) is 150 cm³/mol. The summed E-state index contributed by atoms with van der Waals surface area (Å²) in [6, 6.07) is 12.6. The zero-order valence-corrected chi connectivity index (χ0v) is 23.7. The smallest absolute Gasteiger partial charge is 0.257 e. The predicted octanol–water partition coefficient (Wildman–Crippen LogP) is 4.06. The summed E-state index contributed by atoms with van der Waals surface area (Å²) in [6.45, 7) is 9.50. The van der Waals surface area contributed by atoms with Crippen molar-refractivity contribution in [1.29, 1.82) is 0 Å². The van der Waals surface area contributed by atoms with E-state index in [2.05, 4.69) is 27.7 Å². The largest absolute Gasteiger partial charge is 0.498 e. The second kappa shape index (κ2) is 11.4. The van der Waals surface area contributed by atoms with E-state index in [-0.39, 0.29) is 23.0 Å². The van der Waals surface area contributed by atoms with E-state index in [0.717, 1.165) is 67.7 Å². The van der Waals surface area contributed by atoms with Gasteiger partial charge in [0.25, 0.3) is 6.09 Å². The maximum Gasteiger partial charge on any atom is 0.257 e. The van der Waals surface area contributed by atoms with Crippen molar-refractivity contribution in [2.24, 2.45) is 5.92 Å². The number of aliphatic hydroxyl groups excluding tert-OH is 1. The number of hydrogen-bond acceptors (Lipinski definition) is 6. The minimum Gasteiger partial charge on any atom is -0.498 e. The van der Waals surface area contributed by atoms with E-state index in [4.69, 9.17) is 9.97 Å². The molecule has 1 N–H and O–H groups in total. The molecule has 0 radical (unpaired) electrons. The van der Waals surface area contributed by atoms with Crippen LogP contribution in [0.1, 0.15) is 76.0 Å². The first-order valence-electron chi connectivity index (χ1n) is 14.5. The Kier molecular flexibility index (Phi) is 8.08. The van der Waals surface area contributed by atoms with Gasteiger partial charge >= 0.3 is 0 Å². The van der Waals surface area contributed by atoms with Gasteiger partial charge in [0.1, 0.15) is 5.82 Å². The molecule has 2 aliphatic rings. The number of fused-ring (bicyclic) bond motifs is 2. The number of carbonyl (C=O) groups excluding carboxylic acids is 1. The molecule has 3 aromatic rings. The van der Waals surface area contributed by atoms with Crippen LogP contribution < -0.4 is 5.11 Å². The molecule has 1 unspecified atom stereocenters. The zero-order chi connectivity index (χ0) is 27.6. The lowest BCUT2D eigenvalue weighted by Crippen LogP contribution is -2.70. The molecule has 2 aromatic heterocycles. The summed E-state index contributed by atoms with van der Waals surface area (Å²) in [4.78, 5) is 24.8. The van der Waals surface area contributed by atoms with Crippen LogP contribution in [0.3, 0.4) is 0 Å². The topological polar surface area (TPSA) is 94.3 Å². The van der Waals surface area contributed by atoms with E-state index in [0.29, 0.717) is 26.1 Å². The highest BCUT2D eigenvalue weighted by Gasteiger charge is 2.46. The molecule has 0 spiro atoms. The Morgan fingerprint density at radius 3 is 2.77 bits per heavy atom. The van der Waals surface area contributed by atoms with Crippen LogP contribution >= 0.6 is 0 Å². The number of aliphatic hydroxyl groups is 1. The van der Waals surface area contributed by atoms with Gasteiger partial charge in [0, 0.05) is 31.8 Å². The fraction of sp³-hybridized carbons (Fsp3) is 0.581. The van der Waals surface area contributed by atoms with Crippen LogP contribution in [0.15, 0.2) is 42.6 Å². The third kappa shape index (κ3) is 5.47. The highest BCUT2D eigenvalue weighted by molar-refractivity contribution is 5.75. The van der Waals surface area contributed by atoms with E-state index in [1.165, 1.54) is 5.56 Å². The summed E-state index contributed by atoms with van der Waals surface area (Å²) in [5.41, 5.74) is 4.09. The summed E-state index contributed by atoms with van der Waals surface area (Å²) < 4.78 is 2.32. The first-order valence-corrected chi connectivity index (χ1v) is 14.5. The van der Waals surface area contributed by atoms with Crippen LogP contribution in [-0.2, 0) is 19.5 Å². The maximum absolute atomic E-state index is 12.5. The number of piperidine rings is 1. The van der Waals surface area contributed by atoms with E-state index < -0.39 is 11.6 Å². The average Bonchev–Trinajstić information content (AvgIpc) is 3.26. The number of benzene rings is 1. The van der Waals surface area contributed by atoms with Crippen molar-refractivity contribution in [3.05, 3.63) is 59.7 Å². The summed E-state index contributed by atoms with van der Waals surface area (Å²) in [7, 11) is 0.